The minimum Gasteiger partial charge on any atom is -0.334 e. The van der Waals surface area contributed by atoms with Crippen LogP contribution < -0.4 is 5.56 Å². The van der Waals surface area contributed by atoms with E-state index in [0.717, 1.165) is 11.9 Å². The average molecular weight is 436 g/mol. The van der Waals surface area contributed by atoms with Crippen LogP contribution in [0.15, 0.2) is 63.0 Å². The summed E-state index contributed by atoms with van der Waals surface area (Å²) in [6, 6.07) is 13.3. The maximum absolute atomic E-state index is 13.1. The van der Waals surface area contributed by atoms with Gasteiger partial charge in [-0.25, -0.2) is 4.39 Å². The van der Waals surface area contributed by atoms with Gasteiger partial charge in [-0.2, -0.15) is 4.98 Å². The minimum atomic E-state index is -0.327. The van der Waals surface area contributed by atoms with E-state index in [0.29, 0.717) is 45.9 Å². The largest absolute Gasteiger partial charge is 0.334 e. The van der Waals surface area contributed by atoms with E-state index >= 15 is 0 Å². The number of nitrogens with zero attached hydrogens (tertiary/aromatic N) is 6. The Kier molecular flexibility index (Phi) is 4.99. The number of hydrogen-bond acceptors (Lipinski definition) is 7. The van der Waals surface area contributed by atoms with Crippen molar-refractivity contribution < 1.29 is 8.91 Å². The molecule has 31 heavy (non-hydrogen) atoms. The number of aromatic nitrogens is 6. The number of hydrogen-bond donors (Lipinski definition) is 0. The van der Waals surface area contributed by atoms with Crippen LogP contribution in [0.2, 0.25) is 0 Å². The van der Waals surface area contributed by atoms with Crippen molar-refractivity contribution in [3.63, 3.8) is 0 Å². The maximum Gasteiger partial charge on any atom is 0.262 e. The van der Waals surface area contributed by atoms with Crippen LogP contribution >= 0.6 is 11.8 Å². The smallest absolute Gasteiger partial charge is 0.262 e. The fourth-order valence-corrected chi connectivity index (χ4v) is 4.19. The second-order valence-electron chi connectivity index (χ2n) is 6.90. The van der Waals surface area contributed by atoms with E-state index in [9.17, 15) is 9.18 Å². The number of fused-ring (bicyclic) bond motifs is 3. The number of benzene rings is 2. The van der Waals surface area contributed by atoms with Crippen molar-refractivity contribution in [3.05, 3.63) is 70.5 Å². The van der Waals surface area contributed by atoms with E-state index in [1.807, 2.05) is 35.6 Å². The maximum atomic E-state index is 13.1. The predicted molar refractivity (Wildman–Crippen MR) is 114 cm³/mol. The van der Waals surface area contributed by atoms with Crippen molar-refractivity contribution in [2.45, 2.75) is 30.8 Å². The van der Waals surface area contributed by atoms with Gasteiger partial charge in [0.2, 0.25) is 5.78 Å². The molecule has 0 atom stereocenters. The molecule has 156 valence electrons. The van der Waals surface area contributed by atoms with Crippen molar-refractivity contribution in [2.75, 3.05) is 0 Å². The summed E-state index contributed by atoms with van der Waals surface area (Å²) in [7, 11) is 0. The highest BCUT2D eigenvalue weighted by Crippen LogP contribution is 2.25. The van der Waals surface area contributed by atoms with Crippen molar-refractivity contribution in [1.82, 2.24) is 29.3 Å². The predicted octanol–water partition coefficient (Wildman–Crippen LogP) is 3.94. The van der Waals surface area contributed by atoms with E-state index in [4.69, 9.17) is 4.52 Å². The minimum absolute atomic E-state index is 0.0731. The van der Waals surface area contributed by atoms with Crippen molar-refractivity contribution in [2.24, 2.45) is 0 Å². The molecule has 5 rings (SSSR count). The molecule has 2 aromatic carbocycles. The van der Waals surface area contributed by atoms with Gasteiger partial charge < -0.3 is 4.52 Å². The summed E-state index contributed by atoms with van der Waals surface area (Å²) >= 11 is 1.40. The van der Waals surface area contributed by atoms with Gasteiger partial charge in [-0.05, 0) is 42.8 Å². The molecule has 0 N–H and O–H groups in total. The average Bonchev–Trinajstić information content (AvgIpc) is 3.43. The highest BCUT2D eigenvalue weighted by molar-refractivity contribution is 7.98. The summed E-state index contributed by atoms with van der Waals surface area (Å²) in [5.74, 6) is 1.38. The first-order chi connectivity index (χ1) is 15.2. The molecule has 0 saturated heterocycles. The van der Waals surface area contributed by atoms with E-state index in [2.05, 4.69) is 20.3 Å². The van der Waals surface area contributed by atoms with Crippen LogP contribution in [0.1, 0.15) is 19.2 Å². The van der Waals surface area contributed by atoms with Crippen LogP contribution in [0.5, 0.6) is 0 Å². The van der Waals surface area contributed by atoms with Gasteiger partial charge in [-0.3, -0.25) is 13.8 Å². The SMILES string of the molecule is CCCn1c(=O)c2ccccc2n2c(SCc3noc(-c4ccc(F)cc4)n3)nnc12. The first-order valence-electron chi connectivity index (χ1n) is 9.73. The molecule has 0 saturated carbocycles. The second-order valence-corrected chi connectivity index (χ2v) is 7.85. The molecule has 0 amide bonds. The second kappa shape index (κ2) is 7.95. The Labute approximate surface area is 179 Å². The molecular weight excluding hydrogens is 419 g/mol. The third-order valence-electron chi connectivity index (χ3n) is 4.82. The number of para-hydroxylation sites is 1. The Morgan fingerprint density at radius 3 is 2.71 bits per heavy atom. The van der Waals surface area contributed by atoms with Crippen LogP contribution in [0.4, 0.5) is 4.39 Å². The Morgan fingerprint density at radius 2 is 1.90 bits per heavy atom. The molecule has 10 heteroatoms. The highest BCUT2D eigenvalue weighted by Gasteiger charge is 2.17. The fraction of sp³-hybridized carbons (Fsp3) is 0.190. The zero-order valence-corrected chi connectivity index (χ0v) is 17.3. The molecule has 5 aromatic rings. The topological polar surface area (TPSA) is 91.1 Å². The van der Waals surface area contributed by atoms with Crippen LogP contribution in [-0.2, 0) is 12.3 Å². The van der Waals surface area contributed by atoms with E-state index in [-0.39, 0.29) is 11.4 Å². The summed E-state index contributed by atoms with van der Waals surface area (Å²) < 4.78 is 22.0. The summed E-state index contributed by atoms with van der Waals surface area (Å²) in [4.78, 5) is 17.3. The van der Waals surface area contributed by atoms with Gasteiger partial charge in [0.15, 0.2) is 11.0 Å². The summed E-state index contributed by atoms with van der Waals surface area (Å²) in [6.07, 6.45) is 0.804. The highest BCUT2D eigenvalue weighted by atomic mass is 32.2. The van der Waals surface area contributed by atoms with E-state index < -0.39 is 0 Å². The lowest BCUT2D eigenvalue weighted by Crippen LogP contribution is -2.23. The first-order valence-corrected chi connectivity index (χ1v) is 10.7. The van der Waals surface area contributed by atoms with Crippen LogP contribution in [0.3, 0.4) is 0 Å². The van der Waals surface area contributed by atoms with Crippen molar-refractivity contribution >= 4 is 28.4 Å². The van der Waals surface area contributed by atoms with E-state index in [1.54, 1.807) is 16.7 Å². The lowest BCUT2D eigenvalue weighted by Gasteiger charge is -2.10. The monoisotopic (exact) mass is 436 g/mol. The Balaban J connectivity index is 1.49. The standard InChI is InChI=1S/C21H17FN6O2S/c1-2-11-27-19(29)15-5-3-4-6-16(15)28-20(27)24-25-21(28)31-12-17-23-18(30-26-17)13-7-9-14(22)10-8-13/h3-10H,2,11-12H2,1H3. The molecule has 3 aromatic heterocycles. The van der Waals surface area contributed by atoms with Crippen LogP contribution in [0, 0.1) is 5.82 Å². The van der Waals surface area contributed by atoms with Gasteiger partial charge in [0.05, 0.1) is 16.7 Å². The van der Waals surface area contributed by atoms with Crippen LogP contribution in [-0.4, -0.2) is 29.3 Å². The molecule has 0 unspecified atom stereocenters. The first kappa shape index (κ1) is 19.4. The number of halogens is 1. The molecule has 0 radical (unpaired) electrons. The Hall–Kier alpha value is -3.53. The third-order valence-corrected chi connectivity index (χ3v) is 5.74. The third kappa shape index (κ3) is 3.48. The molecular formula is C21H17FN6O2S. The molecule has 8 nitrogen and oxygen atoms in total. The zero-order valence-electron chi connectivity index (χ0n) is 16.5. The molecule has 0 aliphatic carbocycles. The van der Waals surface area contributed by atoms with Gasteiger partial charge in [-0.15, -0.1) is 10.2 Å². The molecule has 0 aliphatic rings. The fourth-order valence-electron chi connectivity index (χ4n) is 3.40. The van der Waals surface area contributed by atoms with Crippen molar-refractivity contribution in [3.8, 4) is 11.5 Å². The quantitative estimate of drug-likeness (QED) is 0.372. The van der Waals surface area contributed by atoms with Gasteiger partial charge >= 0.3 is 0 Å². The van der Waals surface area contributed by atoms with E-state index in [1.165, 1.54) is 23.9 Å². The van der Waals surface area contributed by atoms with Gasteiger partial charge in [0.1, 0.15) is 5.82 Å². The zero-order chi connectivity index (χ0) is 21.4. The normalized spacial score (nSPS) is 11.5. The molecule has 3 heterocycles. The molecule has 0 bridgehead atoms. The number of thioether (sulfide) groups is 1. The molecule has 0 aliphatic heterocycles. The van der Waals surface area contributed by atoms with Gasteiger partial charge in [-0.1, -0.05) is 36.0 Å². The summed E-state index contributed by atoms with van der Waals surface area (Å²) in [5, 5.41) is 13.8. The Morgan fingerprint density at radius 1 is 1.10 bits per heavy atom. The van der Waals surface area contributed by atoms with Crippen LogP contribution in [0.25, 0.3) is 28.1 Å². The lowest BCUT2D eigenvalue weighted by atomic mass is 10.2. The lowest BCUT2D eigenvalue weighted by molar-refractivity contribution is 0.425. The van der Waals surface area contributed by atoms with Gasteiger partial charge in [0, 0.05) is 12.1 Å². The van der Waals surface area contributed by atoms with Gasteiger partial charge in [0.25, 0.3) is 11.4 Å². The summed E-state index contributed by atoms with van der Waals surface area (Å²) in [5.41, 5.74) is 1.33. The summed E-state index contributed by atoms with van der Waals surface area (Å²) in [6.45, 7) is 2.57. The number of aryl methyl sites for hydroxylation is 1. The van der Waals surface area contributed by atoms with Crippen molar-refractivity contribution in [1.29, 1.82) is 0 Å². The number of rotatable bonds is 6. The Bertz CT molecular complexity index is 1440. The molecule has 0 fully saturated rings. The molecule has 0 spiro atoms.